The molecule has 0 rings (SSSR count). The standard InChI is InChI=1S/C7H11BrO4S/c1-5(8)7(10)11-3-6(9)12-4-13-2/h5H,3-4H2,1-2H3. The molecule has 13 heavy (non-hydrogen) atoms. The minimum absolute atomic E-state index is 0.278. The third-order valence-electron chi connectivity index (χ3n) is 0.995. The van der Waals surface area contributed by atoms with Crippen molar-refractivity contribution in [2.45, 2.75) is 11.8 Å². The number of thioether (sulfide) groups is 1. The van der Waals surface area contributed by atoms with Crippen molar-refractivity contribution in [2.75, 3.05) is 18.8 Å². The van der Waals surface area contributed by atoms with Crippen LogP contribution < -0.4 is 0 Å². The summed E-state index contributed by atoms with van der Waals surface area (Å²) in [5, 5.41) is 0. The lowest BCUT2D eigenvalue weighted by molar-refractivity contribution is -0.156. The molecule has 76 valence electrons. The van der Waals surface area contributed by atoms with Crippen LogP contribution >= 0.6 is 27.7 Å². The number of alkyl halides is 1. The summed E-state index contributed by atoms with van der Waals surface area (Å²) >= 11 is 4.39. The third kappa shape index (κ3) is 6.89. The molecule has 0 N–H and O–H groups in total. The molecule has 0 aliphatic carbocycles. The van der Waals surface area contributed by atoms with Crippen LogP contribution in [0.15, 0.2) is 0 Å². The van der Waals surface area contributed by atoms with E-state index in [9.17, 15) is 9.59 Å². The Hall–Kier alpha value is -0.230. The number of esters is 2. The number of halogens is 1. The van der Waals surface area contributed by atoms with E-state index in [-0.39, 0.29) is 12.5 Å². The Morgan fingerprint density at radius 1 is 1.46 bits per heavy atom. The van der Waals surface area contributed by atoms with Gasteiger partial charge >= 0.3 is 11.9 Å². The number of carbonyl (C=O) groups excluding carboxylic acids is 2. The zero-order valence-corrected chi connectivity index (χ0v) is 9.81. The van der Waals surface area contributed by atoms with Crippen molar-refractivity contribution in [3.05, 3.63) is 0 Å². The van der Waals surface area contributed by atoms with E-state index >= 15 is 0 Å². The molecule has 1 atom stereocenters. The molecule has 0 aromatic carbocycles. The molecule has 6 heteroatoms. The number of hydrogen-bond donors (Lipinski definition) is 0. The number of ether oxygens (including phenoxy) is 2. The Morgan fingerprint density at radius 3 is 2.54 bits per heavy atom. The Morgan fingerprint density at radius 2 is 2.08 bits per heavy atom. The minimum Gasteiger partial charge on any atom is -0.453 e. The Kier molecular flexibility index (Phi) is 7.07. The van der Waals surface area contributed by atoms with Gasteiger partial charge in [0.15, 0.2) is 6.61 Å². The molecule has 0 aromatic rings. The smallest absolute Gasteiger partial charge is 0.345 e. The number of carbonyl (C=O) groups is 2. The fourth-order valence-corrected chi connectivity index (χ4v) is 0.793. The van der Waals surface area contributed by atoms with Gasteiger partial charge in [0.05, 0.1) is 0 Å². The second-order valence-electron chi connectivity index (χ2n) is 2.15. The molecule has 0 aromatic heterocycles. The van der Waals surface area contributed by atoms with Gasteiger partial charge in [0, 0.05) is 0 Å². The molecule has 0 saturated carbocycles. The lowest BCUT2D eigenvalue weighted by Crippen LogP contribution is -2.20. The van der Waals surface area contributed by atoms with Gasteiger partial charge in [0.2, 0.25) is 0 Å². The molecule has 0 radical (unpaired) electrons. The van der Waals surface area contributed by atoms with Crippen LogP contribution in [0.5, 0.6) is 0 Å². The van der Waals surface area contributed by atoms with Crippen molar-refractivity contribution >= 4 is 39.6 Å². The van der Waals surface area contributed by atoms with Crippen molar-refractivity contribution in [1.82, 2.24) is 0 Å². The third-order valence-corrected chi connectivity index (χ3v) is 1.72. The van der Waals surface area contributed by atoms with E-state index in [0.29, 0.717) is 0 Å². The topological polar surface area (TPSA) is 52.6 Å². The first-order valence-electron chi connectivity index (χ1n) is 3.53. The van der Waals surface area contributed by atoms with Gasteiger partial charge in [-0.1, -0.05) is 15.9 Å². The molecule has 1 unspecified atom stereocenters. The Bertz CT molecular complexity index is 183. The number of rotatable bonds is 5. The first-order valence-corrected chi connectivity index (χ1v) is 5.84. The molecule has 0 aliphatic heterocycles. The predicted molar refractivity (Wildman–Crippen MR) is 53.8 cm³/mol. The van der Waals surface area contributed by atoms with Crippen LogP contribution in [0.4, 0.5) is 0 Å². The van der Waals surface area contributed by atoms with E-state index in [1.807, 2.05) is 0 Å². The zero-order chi connectivity index (χ0) is 10.3. The molecular formula is C7H11BrO4S. The molecular weight excluding hydrogens is 260 g/mol. The summed E-state index contributed by atoms with van der Waals surface area (Å²) in [7, 11) is 0. The van der Waals surface area contributed by atoms with Crippen LogP contribution in [0.1, 0.15) is 6.92 Å². The van der Waals surface area contributed by atoms with Gasteiger partial charge in [-0.25, -0.2) is 4.79 Å². The highest BCUT2D eigenvalue weighted by Gasteiger charge is 2.12. The summed E-state index contributed by atoms with van der Waals surface area (Å²) in [4.78, 5) is 21.2. The summed E-state index contributed by atoms with van der Waals surface area (Å²) in [5.41, 5.74) is 0. The molecule has 0 spiro atoms. The fourth-order valence-electron chi connectivity index (χ4n) is 0.411. The highest BCUT2D eigenvalue weighted by molar-refractivity contribution is 9.10. The van der Waals surface area contributed by atoms with Gasteiger partial charge in [0.1, 0.15) is 10.8 Å². The lowest BCUT2D eigenvalue weighted by Gasteiger charge is -2.05. The van der Waals surface area contributed by atoms with E-state index in [0.717, 1.165) is 0 Å². The van der Waals surface area contributed by atoms with E-state index in [1.54, 1.807) is 13.2 Å². The van der Waals surface area contributed by atoms with Gasteiger partial charge in [-0.05, 0) is 13.2 Å². The molecule has 0 heterocycles. The molecule has 0 saturated heterocycles. The van der Waals surface area contributed by atoms with E-state index < -0.39 is 16.8 Å². The molecule has 0 fully saturated rings. The first-order chi connectivity index (χ1) is 6.07. The second kappa shape index (κ2) is 7.20. The highest BCUT2D eigenvalue weighted by Crippen LogP contribution is 2.00. The Labute approximate surface area is 89.5 Å². The maximum atomic E-state index is 10.8. The molecule has 0 amide bonds. The van der Waals surface area contributed by atoms with Crippen molar-refractivity contribution in [2.24, 2.45) is 0 Å². The second-order valence-corrected chi connectivity index (χ2v) is 4.33. The van der Waals surface area contributed by atoms with Crippen molar-refractivity contribution in [1.29, 1.82) is 0 Å². The first kappa shape index (κ1) is 12.8. The Balaban J connectivity index is 3.52. The molecule has 0 bridgehead atoms. The number of hydrogen-bond acceptors (Lipinski definition) is 5. The quantitative estimate of drug-likeness (QED) is 0.427. The van der Waals surface area contributed by atoms with Gasteiger partial charge in [-0.3, -0.25) is 4.79 Å². The summed E-state index contributed by atoms with van der Waals surface area (Å²) < 4.78 is 9.25. The summed E-state index contributed by atoms with van der Waals surface area (Å²) in [6.45, 7) is 1.30. The van der Waals surface area contributed by atoms with Gasteiger partial charge in [-0.2, -0.15) is 0 Å². The van der Waals surface area contributed by atoms with Crippen molar-refractivity contribution in [3.8, 4) is 0 Å². The fraction of sp³-hybridized carbons (Fsp3) is 0.714. The predicted octanol–water partition coefficient (Wildman–Crippen LogP) is 1.18. The van der Waals surface area contributed by atoms with Crippen molar-refractivity contribution in [3.63, 3.8) is 0 Å². The van der Waals surface area contributed by atoms with Crippen LogP contribution in [-0.2, 0) is 19.1 Å². The average Bonchev–Trinajstić information content (AvgIpc) is 2.10. The van der Waals surface area contributed by atoms with Crippen LogP contribution in [0.3, 0.4) is 0 Å². The van der Waals surface area contributed by atoms with Crippen LogP contribution in [0.25, 0.3) is 0 Å². The van der Waals surface area contributed by atoms with Gasteiger partial charge in [-0.15, -0.1) is 11.8 Å². The van der Waals surface area contributed by atoms with Crippen LogP contribution in [-0.4, -0.2) is 35.6 Å². The normalized spacial score (nSPS) is 11.9. The zero-order valence-electron chi connectivity index (χ0n) is 7.41. The van der Waals surface area contributed by atoms with Gasteiger partial charge < -0.3 is 9.47 Å². The SMILES string of the molecule is CSCOC(=O)COC(=O)C(C)Br. The minimum atomic E-state index is -0.532. The van der Waals surface area contributed by atoms with E-state index in [2.05, 4.69) is 25.4 Å². The van der Waals surface area contributed by atoms with Gasteiger partial charge in [0.25, 0.3) is 0 Å². The molecule has 0 aliphatic rings. The van der Waals surface area contributed by atoms with Crippen LogP contribution in [0, 0.1) is 0 Å². The highest BCUT2D eigenvalue weighted by atomic mass is 79.9. The lowest BCUT2D eigenvalue weighted by atomic mass is 10.5. The maximum absolute atomic E-state index is 10.8. The average molecular weight is 271 g/mol. The maximum Gasteiger partial charge on any atom is 0.345 e. The summed E-state index contributed by atoms with van der Waals surface area (Å²) in [6.07, 6.45) is 1.81. The van der Waals surface area contributed by atoms with Crippen molar-refractivity contribution < 1.29 is 19.1 Å². The van der Waals surface area contributed by atoms with E-state index in [1.165, 1.54) is 11.8 Å². The summed E-state index contributed by atoms with van der Waals surface area (Å²) in [5.74, 6) is -0.725. The molecule has 4 nitrogen and oxygen atoms in total. The largest absolute Gasteiger partial charge is 0.453 e. The van der Waals surface area contributed by atoms with Crippen LogP contribution in [0.2, 0.25) is 0 Å². The van der Waals surface area contributed by atoms with E-state index in [4.69, 9.17) is 0 Å². The monoisotopic (exact) mass is 270 g/mol. The summed E-state index contributed by atoms with van der Waals surface area (Å²) in [6, 6.07) is 0.